The Bertz CT molecular complexity index is 1050. The van der Waals surface area contributed by atoms with Crippen molar-refractivity contribution in [1.29, 1.82) is 5.26 Å². The third-order valence-corrected chi connectivity index (χ3v) is 3.90. The summed E-state index contributed by atoms with van der Waals surface area (Å²) in [4.78, 5) is 9.48. The van der Waals surface area contributed by atoms with E-state index in [9.17, 15) is 5.26 Å². The topological polar surface area (TPSA) is 49.6 Å². The highest BCUT2D eigenvalue weighted by atomic mass is 14.9. The van der Waals surface area contributed by atoms with Crippen LogP contribution in [0.15, 0.2) is 78.9 Å². The summed E-state index contributed by atoms with van der Waals surface area (Å²) in [7, 11) is 0. The predicted octanol–water partition coefficient (Wildman–Crippen LogP) is 4.84. The Hall–Kier alpha value is -3.51. The summed E-state index contributed by atoms with van der Waals surface area (Å²) in [6, 6.07) is 27.6. The molecule has 1 aromatic heterocycles. The highest BCUT2D eigenvalue weighted by molar-refractivity contribution is 5.94. The zero-order valence-corrected chi connectivity index (χ0v) is 12.8. The lowest BCUT2D eigenvalue weighted by molar-refractivity contribution is 1.23. The molecule has 0 aliphatic rings. The van der Waals surface area contributed by atoms with Crippen LogP contribution in [0.5, 0.6) is 0 Å². The van der Waals surface area contributed by atoms with Gasteiger partial charge in [0.15, 0.2) is 5.82 Å². The standard InChI is InChI=1S/C21H13N3/c22-14-15-11-12-19-18(13-15)20(16-7-3-1-4-8-16)24-21(23-19)17-9-5-2-6-10-17/h1-13H. The Labute approximate surface area is 139 Å². The maximum atomic E-state index is 9.20. The Morgan fingerprint density at radius 2 is 1.38 bits per heavy atom. The molecule has 3 heteroatoms. The third-order valence-electron chi connectivity index (χ3n) is 3.90. The lowest BCUT2D eigenvalue weighted by Crippen LogP contribution is -1.95. The molecule has 0 amide bonds. The van der Waals surface area contributed by atoms with E-state index in [2.05, 4.69) is 11.1 Å². The van der Waals surface area contributed by atoms with Crippen molar-refractivity contribution in [3.8, 4) is 28.7 Å². The molecule has 0 atom stereocenters. The van der Waals surface area contributed by atoms with Gasteiger partial charge in [-0.2, -0.15) is 5.26 Å². The molecule has 4 aromatic rings. The summed E-state index contributed by atoms with van der Waals surface area (Å²) in [5, 5.41) is 10.1. The normalized spacial score (nSPS) is 10.5. The van der Waals surface area contributed by atoms with Crippen molar-refractivity contribution >= 4 is 10.9 Å². The van der Waals surface area contributed by atoms with Crippen molar-refractivity contribution in [2.45, 2.75) is 0 Å². The van der Waals surface area contributed by atoms with Crippen LogP contribution in [0, 0.1) is 11.3 Å². The van der Waals surface area contributed by atoms with Gasteiger partial charge in [0.05, 0.1) is 22.8 Å². The maximum absolute atomic E-state index is 9.20. The van der Waals surface area contributed by atoms with Crippen molar-refractivity contribution in [3.05, 3.63) is 84.4 Å². The zero-order chi connectivity index (χ0) is 16.4. The van der Waals surface area contributed by atoms with Crippen molar-refractivity contribution in [2.75, 3.05) is 0 Å². The van der Waals surface area contributed by atoms with E-state index in [0.717, 1.165) is 27.7 Å². The molecule has 0 saturated heterocycles. The van der Waals surface area contributed by atoms with Gasteiger partial charge in [-0.3, -0.25) is 0 Å². The van der Waals surface area contributed by atoms with Gasteiger partial charge in [0.2, 0.25) is 0 Å². The molecule has 0 radical (unpaired) electrons. The molecule has 4 rings (SSSR count). The van der Waals surface area contributed by atoms with Gasteiger partial charge in [-0.15, -0.1) is 0 Å². The fourth-order valence-corrected chi connectivity index (χ4v) is 2.73. The van der Waals surface area contributed by atoms with E-state index < -0.39 is 0 Å². The van der Waals surface area contributed by atoms with Crippen molar-refractivity contribution < 1.29 is 0 Å². The van der Waals surface area contributed by atoms with Crippen molar-refractivity contribution in [2.24, 2.45) is 0 Å². The summed E-state index contributed by atoms with van der Waals surface area (Å²) >= 11 is 0. The minimum absolute atomic E-state index is 0.607. The SMILES string of the molecule is N#Cc1ccc2nc(-c3ccccc3)nc(-c3ccccc3)c2c1. The summed E-state index contributed by atoms with van der Waals surface area (Å²) in [5.41, 5.74) is 4.27. The first-order chi connectivity index (χ1) is 11.8. The second-order valence-electron chi connectivity index (χ2n) is 5.47. The van der Waals surface area contributed by atoms with Crippen LogP contribution in [0.4, 0.5) is 0 Å². The molecule has 1 heterocycles. The van der Waals surface area contributed by atoms with E-state index in [-0.39, 0.29) is 0 Å². The minimum Gasteiger partial charge on any atom is -0.228 e. The van der Waals surface area contributed by atoms with Crippen LogP contribution in [0.1, 0.15) is 5.56 Å². The summed E-state index contributed by atoms with van der Waals surface area (Å²) in [6.45, 7) is 0. The second kappa shape index (κ2) is 5.94. The number of nitrogens with zero attached hydrogens (tertiary/aromatic N) is 3. The summed E-state index contributed by atoms with van der Waals surface area (Å²) < 4.78 is 0. The number of fused-ring (bicyclic) bond motifs is 1. The average molecular weight is 307 g/mol. The van der Waals surface area contributed by atoms with Crippen LogP contribution in [0.3, 0.4) is 0 Å². The average Bonchev–Trinajstić information content (AvgIpc) is 2.68. The van der Waals surface area contributed by atoms with E-state index in [1.165, 1.54) is 0 Å². The molecule has 0 aliphatic heterocycles. The van der Waals surface area contributed by atoms with Crippen LogP contribution in [0.25, 0.3) is 33.5 Å². The summed E-state index contributed by atoms with van der Waals surface area (Å²) in [5.74, 6) is 0.687. The minimum atomic E-state index is 0.607. The Morgan fingerprint density at radius 1 is 0.708 bits per heavy atom. The van der Waals surface area contributed by atoms with Crippen molar-refractivity contribution in [3.63, 3.8) is 0 Å². The van der Waals surface area contributed by atoms with E-state index in [0.29, 0.717) is 11.4 Å². The molecule has 0 spiro atoms. The lowest BCUT2D eigenvalue weighted by atomic mass is 10.0. The van der Waals surface area contributed by atoms with Gasteiger partial charge in [-0.05, 0) is 18.2 Å². The fourth-order valence-electron chi connectivity index (χ4n) is 2.73. The second-order valence-corrected chi connectivity index (χ2v) is 5.47. The van der Waals surface area contributed by atoms with Gasteiger partial charge in [0, 0.05) is 16.5 Å². The maximum Gasteiger partial charge on any atom is 0.160 e. The largest absolute Gasteiger partial charge is 0.228 e. The molecule has 0 bridgehead atoms. The van der Waals surface area contributed by atoms with Crippen LogP contribution in [-0.4, -0.2) is 9.97 Å². The Balaban J connectivity index is 2.04. The molecular weight excluding hydrogens is 294 g/mol. The van der Waals surface area contributed by atoms with Gasteiger partial charge in [0.1, 0.15) is 0 Å². The van der Waals surface area contributed by atoms with Gasteiger partial charge < -0.3 is 0 Å². The smallest absolute Gasteiger partial charge is 0.160 e. The molecule has 24 heavy (non-hydrogen) atoms. The molecule has 0 fully saturated rings. The highest BCUT2D eigenvalue weighted by Gasteiger charge is 2.11. The van der Waals surface area contributed by atoms with E-state index >= 15 is 0 Å². The van der Waals surface area contributed by atoms with Gasteiger partial charge in [-0.25, -0.2) is 9.97 Å². The molecular formula is C21H13N3. The first-order valence-electron chi connectivity index (χ1n) is 7.68. The number of benzene rings is 3. The Morgan fingerprint density at radius 3 is 2.04 bits per heavy atom. The van der Waals surface area contributed by atoms with Crippen LogP contribution < -0.4 is 0 Å². The third kappa shape index (κ3) is 2.51. The molecule has 0 unspecified atom stereocenters. The number of hydrogen-bond acceptors (Lipinski definition) is 3. The zero-order valence-electron chi connectivity index (χ0n) is 12.8. The van der Waals surface area contributed by atoms with Crippen LogP contribution >= 0.6 is 0 Å². The lowest BCUT2D eigenvalue weighted by Gasteiger charge is -2.09. The van der Waals surface area contributed by atoms with E-state index in [1.54, 1.807) is 6.07 Å². The molecule has 0 N–H and O–H groups in total. The predicted molar refractivity (Wildman–Crippen MR) is 95.1 cm³/mol. The quantitative estimate of drug-likeness (QED) is 0.532. The highest BCUT2D eigenvalue weighted by Crippen LogP contribution is 2.29. The number of hydrogen-bond donors (Lipinski definition) is 0. The van der Waals surface area contributed by atoms with Gasteiger partial charge in [-0.1, -0.05) is 60.7 Å². The molecule has 112 valence electrons. The van der Waals surface area contributed by atoms with Crippen LogP contribution in [-0.2, 0) is 0 Å². The Kier molecular flexibility index (Phi) is 3.49. The first-order valence-corrected chi connectivity index (χ1v) is 7.68. The molecule has 0 saturated carbocycles. The summed E-state index contributed by atoms with van der Waals surface area (Å²) in [6.07, 6.45) is 0. The fraction of sp³-hybridized carbons (Fsp3) is 0. The number of nitriles is 1. The van der Waals surface area contributed by atoms with E-state index in [1.807, 2.05) is 72.8 Å². The monoisotopic (exact) mass is 307 g/mol. The van der Waals surface area contributed by atoms with Crippen LogP contribution in [0.2, 0.25) is 0 Å². The van der Waals surface area contributed by atoms with Gasteiger partial charge >= 0.3 is 0 Å². The van der Waals surface area contributed by atoms with Gasteiger partial charge in [0.25, 0.3) is 0 Å². The number of aromatic nitrogens is 2. The van der Waals surface area contributed by atoms with E-state index in [4.69, 9.17) is 4.98 Å². The number of rotatable bonds is 2. The van der Waals surface area contributed by atoms with Crippen molar-refractivity contribution in [1.82, 2.24) is 9.97 Å². The molecule has 3 aromatic carbocycles. The molecule has 3 nitrogen and oxygen atoms in total. The molecule has 0 aliphatic carbocycles. The first kappa shape index (κ1) is 14.1.